The zero-order valence-electron chi connectivity index (χ0n) is 6.38. The van der Waals surface area contributed by atoms with Crippen molar-refractivity contribution in [3.8, 4) is 0 Å². The Morgan fingerprint density at radius 2 is 1.85 bits per heavy atom. The van der Waals surface area contributed by atoms with Gasteiger partial charge in [-0.15, -0.1) is 0 Å². The number of hydrogen-bond acceptors (Lipinski definition) is 3. The second-order valence-corrected chi connectivity index (χ2v) is 4.71. The summed E-state index contributed by atoms with van der Waals surface area (Å²) in [5, 5.41) is 4.82. The van der Waals surface area contributed by atoms with Crippen molar-refractivity contribution in [3.63, 3.8) is 0 Å². The van der Waals surface area contributed by atoms with Gasteiger partial charge in [-0.25, -0.2) is 17.8 Å². The standard InChI is InChI=1S/C6H7NO4S2/c7-13(10,11)6-4-2-1-3-5(6)12(8)9/h1-4H,(H,8,9)(H2,7,10,11). The van der Waals surface area contributed by atoms with E-state index in [4.69, 9.17) is 9.69 Å². The molecule has 0 radical (unpaired) electrons. The lowest BCUT2D eigenvalue weighted by molar-refractivity contribution is 0.558. The summed E-state index contributed by atoms with van der Waals surface area (Å²) in [7, 11) is -3.93. The van der Waals surface area contributed by atoms with Crippen LogP contribution in [-0.4, -0.2) is 17.2 Å². The minimum absolute atomic E-state index is 0.204. The Morgan fingerprint density at radius 3 is 2.23 bits per heavy atom. The Balaban J connectivity index is 3.46. The monoisotopic (exact) mass is 221 g/mol. The first-order valence-corrected chi connectivity index (χ1v) is 5.81. The van der Waals surface area contributed by atoms with Gasteiger partial charge in [-0.05, 0) is 12.1 Å². The third kappa shape index (κ3) is 2.34. The van der Waals surface area contributed by atoms with E-state index in [2.05, 4.69) is 0 Å². The van der Waals surface area contributed by atoms with E-state index < -0.39 is 21.1 Å². The van der Waals surface area contributed by atoms with Gasteiger partial charge in [0.05, 0.1) is 4.90 Å². The molecular weight excluding hydrogens is 214 g/mol. The summed E-state index contributed by atoms with van der Waals surface area (Å²) in [6.45, 7) is 0. The van der Waals surface area contributed by atoms with Gasteiger partial charge in [0.2, 0.25) is 10.0 Å². The van der Waals surface area contributed by atoms with Gasteiger partial charge >= 0.3 is 0 Å². The van der Waals surface area contributed by atoms with Gasteiger partial charge in [-0.3, -0.25) is 0 Å². The first-order chi connectivity index (χ1) is 5.93. The van der Waals surface area contributed by atoms with Crippen LogP contribution in [0.5, 0.6) is 0 Å². The quantitative estimate of drug-likeness (QED) is 0.682. The van der Waals surface area contributed by atoms with Crippen LogP contribution >= 0.6 is 0 Å². The maximum atomic E-state index is 10.9. The third-order valence-electron chi connectivity index (χ3n) is 1.34. The van der Waals surface area contributed by atoms with Crippen LogP contribution < -0.4 is 5.14 Å². The molecule has 0 saturated heterocycles. The highest BCUT2D eigenvalue weighted by Crippen LogP contribution is 2.16. The van der Waals surface area contributed by atoms with Crippen molar-refractivity contribution in [2.45, 2.75) is 9.79 Å². The van der Waals surface area contributed by atoms with Gasteiger partial charge in [0, 0.05) is 0 Å². The van der Waals surface area contributed by atoms with Crippen LogP contribution in [0.15, 0.2) is 34.1 Å². The smallest absolute Gasteiger partial charge is 0.239 e. The van der Waals surface area contributed by atoms with Gasteiger partial charge in [0.15, 0.2) is 11.1 Å². The van der Waals surface area contributed by atoms with Gasteiger partial charge in [-0.2, -0.15) is 0 Å². The van der Waals surface area contributed by atoms with E-state index in [-0.39, 0.29) is 9.79 Å². The molecule has 1 rings (SSSR count). The Hall–Kier alpha value is -0.760. The Bertz CT molecular complexity index is 440. The second kappa shape index (κ2) is 3.54. The van der Waals surface area contributed by atoms with Crippen LogP contribution in [0.3, 0.4) is 0 Å². The molecule has 1 unspecified atom stereocenters. The zero-order chi connectivity index (χ0) is 10.1. The molecule has 7 heteroatoms. The predicted molar refractivity (Wildman–Crippen MR) is 46.9 cm³/mol. The fourth-order valence-corrected chi connectivity index (χ4v) is 2.44. The molecular formula is C6H7NO4S2. The van der Waals surface area contributed by atoms with Gasteiger partial charge in [0.1, 0.15) is 4.90 Å². The Kier molecular flexibility index (Phi) is 2.81. The summed E-state index contributed by atoms with van der Waals surface area (Å²) in [5.41, 5.74) is 0. The maximum absolute atomic E-state index is 10.9. The molecule has 1 atom stereocenters. The molecule has 0 aliphatic heterocycles. The van der Waals surface area contributed by atoms with Crippen LogP contribution in [0.25, 0.3) is 0 Å². The van der Waals surface area contributed by atoms with Gasteiger partial charge < -0.3 is 4.55 Å². The first-order valence-electron chi connectivity index (χ1n) is 3.15. The molecule has 0 saturated carbocycles. The van der Waals surface area contributed by atoms with Crippen LogP contribution in [0.2, 0.25) is 0 Å². The van der Waals surface area contributed by atoms with Gasteiger partial charge in [0.25, 0.3) is 0 Å². The summed E-state index contributed by atoms with van der Waals surface area (Å²) in [6, 6.07) is 5.29. The summed E-state index contributed by atoms with van der Waals surface area (Å²) >= 11 is -2.35. The average Bonchev–Trinajstić information content (AvgIpc) is 2.03. The second-order valence-electron chi connectivity index (χ2n) is 2.24. The number of hydrogen-bond donors (Lipinski definition) is 2. The number of sulfonamides is 1. The lowest BCUT2D eigenvalue weighted by Crippen LogP contribution is -2.14. The van der Waals surface area contributed by atoms with E-state index in [9.17, 15) is 12.6 Å². The molecule has 0 aromatic heterocycles. The number of benzene rings is 1. The van der Waals surface area contributed by atoms with Crippen LogP contribution in [-0.2, 0) is 21.1 Å². The van der Waals surface area contributed by atoms with Crippen molar-refractivity contribution < 1.29 is 17.2 Å². The number of rotatable bonds is 2. The molecule has 0 aliphatic rings. The van der Waals surface area contributed by atoms with Gasteiger partial charge in [-0.1, -0.05) is 12.1 Å². The summed E-state index contributed by atoms with van der Waals surface area (Å²) in [5.74, 6) is 0. The van der Waals surface area contributed by atoms with E-state index in [1.54, 1.807) is 0 Å². The van der Waals surface area contributed by atoms with E-state index in [1.807, 2.05) is 0 Å². The Labute approximate surface area is 77.9 Å². The SMILES string of the molecule is NS(=O)(=O)c1ccccc1S(=O)O. The van der Waals surface area contributed by atoms with E-state index >= 15 is 0 Å². The zero-order valence-corrected chi connectivity index (χ0v) is 8.01. The highest BCUT2D eigenvalue weighted by Gasteiger charge is 2.15. The highest BCUT2D eigenvalue weighted by molar-refractivity contribution is 7.90. The summed E-state index contributed by atoms with van der Waals surface area (Å²) in [4.78, 5) is -0.527. The van der Waals surface area contributed by atoms with E-state index in [0.29, 0.717) is 0 Å². The fourth-order valence-electron chi connectivity index (χ4n) is 0.829. The molecule has 0 bridgehead atoms. The van der Waals surface area contributed by atoms with Crippen molar-refractivity contribution in [1.29, 1.82) is 0 Å². The van der Waals surface area contributed by atoms with Crippen molar-refractivity contribution in [1.82, 2.24) is 0 Å². The fraction of sp³-hybridized carbons (Fsp3) is 0. The largest absolute Gasteiger partial charge is 0.302 e. The van der Waals surface area contributed by atoms with Crippen LogP contribution in [0.1, 0.15) is 0 Å². The molecule has 1 aromatic carbocycles. The molecule has 1 aromatic rings. The maximum Gasteiger partial charge on any atom is 0.239 e. The van der Waals surface area contributed by atoms with Crippen molar-refractivity contribution in [3.05, 3.63) is 24.3 Å². The van der Waals surface area contributed by atoms with Crippen LogP contribution in [0, 0.1) is 0 Å². The van der Waals surface area contributed by atoms with Crippen molar-refractivity contribution in [2.75, 3.05) is 0 Å². The average molecular weight is 221 g/mol. The molecule has 0 aliphatic carbocycles. The van der Waals surface area contributed by atoms with E-state index in [0.717, 1.165) is 0 Å². The minimum Gasteiger partial charge on any atom is -0.302 e. The normalized spacial score (nSPS) is 14.0. The van der Waals surface area contributed by atoms with Crippen molar-refractivity contribution in [2.24, 2.45) is 5.14 Å². The minimum atomic E-state index is -3.93. The lowest BCUT2D eigenvalue weighted by atomic mass is 10.4. The molecule has 0 amide bonds. The number of primary sulfonamides is 1. The molecule has 5 nitrogen and oxygen atoms in total. The van der Waals surface area contributed by atoms with Crippen molar-refractivity contribution >= 4 is 21.1 Å². The number of nitrogens with two attached hydrogens (primary N) is 1. The first kappa shape index (κ1) is 10.3. The Morgan fingerprint density at radius 1 is 1.31 bits per heavy atom. The van der Waals surface area contributed by atoms with E-state index in [1.165, 1.54) is 24.3 Å². The molecule has 0 spiro atoms. The highest BCUT2D eigenvalue weighted by atomic mass is 32.2. The third-order valence-corrected chi connectivity index (χ3v) is 3.17. The topological polar surface area (TPSA) is 97.5 Å². The summed E-state index contributed by atoms with van der Waals surface area (Å²) < 4.78 is 41.2. The molecule has 0 fully saturated rings. The molecule has 3 N–H and O–H groups in total. The van der Waals surface area contributed by atoms with Crippen LogP contribution in [0.4, 0.5) is 0 Å². The molecule has 72 valence electrons. The summed E-state index contributed by atoms with van der Waals surface area (Å²) in [6.07, 6.45) is 0. The molecule has 13 heavy (non-hydrogen) atoms. The lowest BCUT2D eigenvalue weighted by Gasteiger charge is -2.01. The predicted octanol–water partition coefficient (Wildman–Crippen LogP) is -0.0854. The molecule has 0 heterocycles.